The molecule has 0 unspecified atom stereocenters. The second kappa shape index (κ2) is 4.87. The Morgan fingerprint density at radius 3 is 2.89 bits per heavy atom. The molecular formula is C15H10BrNOS. The minimum absolute atomic E-state index is 0.0531. The Labute approximate surface area is 123 Å². The average Bonchev–Trinajstić information content (AvgIpc) is 2.77. The Balaban J connectivity index is 2.16. The van der Waals surface area contributed by atoms with Crippen molar-refractivity contribution in [1.82, 2.24) is 4.98 Å². The molecule has 0 saturated carbocycles. The molecule has 0 aliphatic rings. The molecule has 0 spiro atoms. The number of thiophene rings is 1. The van der Waals surface area contributed by atoms with Gasteiger partial charge < -0.3 is 0 Å². The van der Waals surface area contributed by atoms with E-state index >= 15 is 0 Å². The van der Waals surface area contributed by atoms with E-state index in [0.29, 0.717) is 5.56 Å². The summed E-state index contributed by atoms with van der Waals surface area (Å²) in [6, 6.07) is 9.59. The van der Waals surface area contributed by atoms with E-state index in [2.05, 4.69) is 20.9 Å². The van der Waals surface area contributed by atoms with Gasteiger partial charge in [0, 0.05) is 23.3 Å². The van der Waals surface area contributed by atoms with E-state index in [0.717, 1.165) is 25.0 Å². The Hall–Kier alpha value is -1.52. The Morgan fingerprint density at radius 2 is 2.16 bits per heavy atom. The molecule has 0 atom stereocenters. The van der Waals surface area contributed by atoms with Crippen molar-refractivity contribution in [3.63, 3.8) is 0 Å². The maximum absolute atomic E-state index is 12.6. The van der Waals surface area contributed by atoms with Gasteiger partial charge in [0.05, 0.1) is 8.66 Å². The Bertz CT molecular complexity index is 754. The predicted molar refractivity (Wildman–Crippen MR) is 81.9 cm³/mol. The predicted octanol–water partition coefficient (Wildman–Crippen LogP) is 4.60. The minimum Gasteiger partial charge on any atom is -0.288 e. The van der Waals surface area contributed by atoms with Crippen LogP contribution in [0.5, 0.6) is 0 Å². The molecular weight excluding hydrogens is 322 g/mol. The summed E-state index contributed by atoms with van der Waals surface area (Å²) in [6.07, 6.45) is 3.49. The van der Waals surface area contributed by atoms with Crippen LogP contribution in [0.4, 0.5) is 0 Å². The lowest BCUT2D eigenvalue weighted by atomic mass is 10.0. The van der Waals surface area contributed by atoms with Crippen LogP contribution in [-0.2, 0) is 0 Å². The molecule has 0 amide bonds. The summed E-state index contributed by atoms with van der Waals surface area (Å²) < 4.78 is 1.01. The van der Waals surface area contributed by atoms with Crippen LogP contribution in [0.15, 0.2) is 46.5 Å². The third-order valence-electron chi connectivity index (χ3n) is 3.01. The number of nitrogens with zero attached hydrogens (tertiary/aromatic N) is 1. The van der Waals surface area contributed by atoms with Gasteiger partial charge in [0.1, 0.15) is 0 Å². The highest BCUT2D eigenvalue weighted by atomic mass is 79.9. The molecule has 2 nitrogen and oxygen atoms in total. The Morgan fingerprint density at radius 1 is 1.32 bits per heavy atom. The monoisotopic (exact) mass is 331 g/mol. The zero-order valence-corrected chi connectivity index (χ0v) is 12.6. The molecule has 0 radical (unpaired) electrons. The van der Waals surface area contributed by atoms with Gasteiger partial charge in [-0.15, -0.1) is 11.3 Å². The number of hydrogen-bond acceptors (Lipinski definition) is 3. The van der Waals surface area contributed by atoms with Crippen molar-refractivity contribution in [2.45, 2.75) is 6.92 Å². The third kappa shape index (κ3) is 2.22. The lowest BCUT2D eigenvalue weighted by Crippen LogP contribution is -1.99. The molecule has 0 aliphatic heterocycles. The first-order valence-electron chi connectivity index (χ1n) is 5.80. The van der Waals surface area contributed by atoms with Gasteiger partial charge in [-0.3, -0.25) is 9.78 Å². The molecule has 2 heterocycles. The highest BCUT2D eigenvalue weighted by Gasteiger charge is 2.15. The van der Waals surface area contributed by atoms with Crippen molar-refractivity contribution in [1.29, 1.82) is 0 Å². The quantitative estimate of drug-likeness (QED) is 0.642. The topological polar surface area (TPSA) is 30.0 Å². The zero-order valence-electron chi connectivity index (χ0n) is 10.2. The van der Waals surface area contributed by atoms with Gasteiger partial charge in [-0.25, -0.2) is 0 Å². The molecule has 2 aromatic heterocycles. The van der Waals surface area contributed by atoms with Gasteiger partial charge >= 0.3 is 0 Å². The van der Waals surface area contributed by atoms with Gasteiger partial charge in [-0.05, 0) is 45.9 Å². The summed E-state index contributed by atoms with van der Waals surface area (Å²) in [7, 11) is 0. The first kappa shape index (κ1) is 12.5. The van der Waals surface area contributed by atoms with Gasteiger partial charge in [0.25, 0.3) is 0 Å². The summed E-state index contributed by atoms with van der Waals surface area (Å²) in [5.41, 5.74) is 1.80. The van der Waals surface area contributed by atoms with Gasteiger partial charge in [0.2, 0.25) is 5.78 Å². The molecule has 94 valence electrons. The summed E-state index contributed by atoms with van der Waals surface area (Å²) >= 11 is 4.93. The summed E-state index contributed by atoms with van der Waals surface area (Å²) in [5.74, 6) is 0.0531. The molecule has 0 fully saturated rings. The highest BCUT2D eigenvalue weighted by molar-refractivity contribution is 9.11. The standard InChI is InChI=1S/C15H10BrNOS/c1-9-7-13(19-15(9)16)14(18)11-4-2-3-10-5-6-17-8-12(10)11/h2-8H,1H3. The molecule has 3 rings (SSSR count). The van der Waals surface area contributed by atoms with E-state index < -0.39 is 0 Å². The van der Waals surface area contributed by atoms with E-state index in [-0.39, 0.29) is 5.78 Å². The van der Waals surface area contributed by atoms with E-state index in [4.69, 9.17) is 0 Å². The van der Waals surface area contributed by atoms with Crippen LogP contribution in [0.25, 0.3) is 10.8 Å². The van der Waals surface area contributed by atoms with E-state index in [9.17, 15) is 4.79 Å². The maximum Gasteiger partial charge on any atom is 0.203 e. The number of aromatic nitrogens is 1. The number of rotatable bonds is 2. The van der Waals surface area contributed by atoms with Crippen molar-refractivity contribution >= 4 is 43.8 Å². The molecule has 4 heteroatoms. The van der Waals surface area contributed by atoms with E-state index in [1.54, 1.807) is 12.4 Å². The number of carbonyl (C=O) groups excluding carboxylic acids is 1. The van der Waals surface area contributed by atoms with Crippen LogP contribution >= 0.6 is 27.3 Å². The maximum atomic E-state index is 12.6. The summed E-state index contributed by atoms with van der Waals surface area (Å²) in [5, 5.41) is 1.94. The van der Waals surface area contributed by atoms with Crippen molar-refractivity contribution in [2.75, 3.05) is 0 Å². The largest absolute Gasteiger partial charge is 0.288 e. The number of aryl methyl sites for hydroxylation is 1. The Kier molecular flexibility index (Phi) is 3.21. The fraction of sp³-hybridized carbons (Fsp3) is 0.0667. The van der Waals surface area contributed by atoms with E-state index in [1.807, 2.05) is 37.3 Å². The van der Waals surface area contributed by atoms with Gasteiger partial charge in [-0.1, -0.05) is 18.2 Å². The molecule has 0 bridgehead atoms. The lowest BCUT2D eigenvalue weighted by Gasteiger charge is -2.03. The van der Waals surface area contributed by atoms with Crippen LogP contribution in [0.2, 0.25) is 0 Å². The fourth-order valence-corrected chi connectivity index (χ4v) is 3.50. The number of benzene rings is 1. The molecule has 3 aromatic rings. The molecule has 1 aromatic carbocycles. The molecule has 19 heavy (non-hydrogen) atoms. The van der Waals surface area contributed by atoms with E-state index in [1.165, 1.54) is 11.3 Å². The average molecular weight is 332 g/mol. The third-order valence-corrected chi connectivity index (χ3v) is 5.14. The number of halogens is 1. The SMILES string of the molecule is Cc1cc(C(=O)c2cccc3ccncc23)sc1Br. The summed E-state index contributed by atoms with van der Waals surface area (Å²) in [4.78, 5) is 17.5. The van der Waals surface area contributed by atoms with Crippen LogP contribution in [0.3, 0.4) is 0 Å². The van der Waals surface area contributed by atoms with Crippen molar-refractivity contribution < 1.29 is 4.79 Å². The fourth-order valence-electron chi connectivity index (χ4n) is 2.02. The number of carbonyl (C=O) groups is 1. The van der Waals surface area contributed by atoms with Crippen LogP contribution in [0.1, 0.15) is 20.8 Å². The highest BCUT2D eigenvalue weighted by Crippen LogP contribution is 2.30. The van der Waals surface area contributed by atoms with Crippen LogP contribution in [0, 0.1) is 6.92 Å². The molecule has 0 aliphatic carbocycles. The van der Waals surface area contributed by atoms with Crippen molar-refractivity contribution in [2.24, 2.45) is 0 Å². The second-order valence-electron chi connectivity index (χ2n) is 4.30. The number of fused-ring (bicyclic) bond motifs is 1. The first-order chi connectivity index (χ1) is 9.16. The number of ketones is 1. The van der Waals surface area contributed by atoms with Crippen LogP contribution in [-0.4, -0.2) is 10.8 Å². The first-order valence-corrected chi connectivity index (χ1v) is 7.41. The zero-order chi connectivity index (χ0) is 13.4. The lowest BCUT2D eigenvalue weighted by molar-refractivity contribution is 0.104. The van der Waals surface area contributed by atoms with Crippen LogP contribution < -0.4 is 0 Å². The number of pyridine rings is 1. The van der Waals surface area contributed by atoms with Crippen molar-refractivity contribution in [3.8, 4) is 0 Å². The minimum atomic E-state index is 0.0531. The molecule has 0 N–H and O–H groups in total. The number of hydrogen-bond donors (Lipinski definition) is 0. The summed E-state index contributed by atoms with van der Waals surface area (Å²) in [6.45, 7) is 1.99. The van der Waals surface area contributed by atoms with Gasteiger partial charge in [0.15, 0.2) is 0 Å². The molecule has 0 saturated heterocycles. The van der Waals surface area contributed by atoms with Gasteiger partial charge in [-0.2, -0.15) is 0 Å². The normalized spacial score (nSPS) is 10.8. The smallest absolute Gasteiger partial charge is 0.203 e. The van der Waals surface area contributed by atoms with Crippen molar-refractivity contribution in [3.05, 3.63) is 62.5 Å². The second-order valence-corrected chi connectivity index (χ2v) is 6.67.